The van der Waals surface area contributed by atoms with E-state index in [9.17, 15) is 18.0 Å². The minimum absolute atomic E-state index is 0.0110. The van der Waals surface area contributed by atoms with Crippen LogP contribution in [0, 0.1) is 6.92 Å². The van der Waals surface area contributed by atoms with Gasteiger partial charge in [0.2, 0.25) is 11.7 Å². The van der Waals surface area contributed by atoms with Gasteiger partial charge in [0.25, 0.3) is 5.89 Å². The molecule has 10 nitrogen and oxygen atoms in total. The number of hydrazone groups is 1. The summed E-state index contributed by atoms with van der Waals surface area (Å²) in [5.41, 5.74) is 1.87. The molecule has 2 aliphatic heterocycles. The molecule has 0 unspecified atom stereocenters. The minimum atomic E-state index is -3.18. The molecular formula is C19H20N4O6S. The lowest BCUT2D eigenvalue weighted by Crippen LogP contribution is -2.42. The van der Waals surface area contributed by atoms with Crippen LogP contribution >= 0.6 is 0 Å². The zero-order chi connectivity index (χ0) is 21.3. The molecule has 11 heteroatoms. The van der Waals surface area contributed by atoms with Crippen LogP contribution in [0.5, 0.6) is 0 Å². The molecule has 0 N–H and O–H groups in total. The van der Waals surface area contributed by atoms with Gasteiger partial charge in [-0.3, -0.25) is 4.79 Å². The number of carbonyl (C=O) groups excluding carboxylic acids is 2. The third-order valence-corrected chi connectivity index (χ3v) is 6.78. The van der Waals surface area contributed by atoms with Gasteiger partial charge >= 0.3 is 5.97 Å². The van der Waals surface area contributed by atoms with Crippen LogP contribution in [0.1, 0.15) is 30.7 Å². The molecule has 1 atom stereocenters. The van der Waals surface area contributed by atoms with Crippen molar-refractivity contribution in [1.29, 1.82) is 0 Å². The molecular weight excluding hydrogens is 412 g/mol. The lowest BCUT2D eigenvalue weighted by Gasteiger charge is -2.27. The lowest BCUT2D eigenvalue weighted by molar-refractivity contribution is -0.138. The molecule has 4 rings (SSSR count). The predicted octanol–water partition coefficient (Wildman–Crippen LogP) is 1.25. The molecule has 1 amide bonds. The topological polar surface area (TPSA) is 132 Å². The van der Waals surface area contributed by atoms with Crippen LogP contribution in [0.25, 0.3) is 11.4 Å². The van der Waals surface area contributed by atoms with Gasteiger partial charge in [0, 0.05) is 18.4 Å². The Bertz CT molecular complexity index is 1120. The summed E-state index contributed by atoms with van der Waals surface area (Å²) in [6.07, 6.45) is 0.512. The first-order chi connectivity index (χ1) is 14.3. The molecule has 0 spiro atoms. The highest BCUT2D eigenvalue weighted by atomic mass is 32.2. The zero-order valence-electron chi connectivity index (χ0n) is 16.3. The molecule has 2 aromatic rings. The van der Waals surface area contributed by atoms with Crippen molar-refractivity contribution in [3.8, 4) is 11.4 Å². The first kappa shape index (κ1) is 20.2. The maximum Gasteiger partial charge on any atom is 0.355 e. The van der Waals surface area contributed by atoms with Crippen molar-refractivity contribution in [3.05, 3.63) is 35.7 Å². The highest BCUT2D eigenvalue weighted by Gasteiger charge is 2.37. The Morgan fingerprint density at radius 1 is 1.30 bits per heavy atom. The van der Waals surface area contributed by atoms with Crippen LogP contribution in [-0.2, 0) is 30.8 Å². The van der Waals surface area contributed by atoms with Gasteiger partial charge in [0.15, 0.2) is 16.4 Å². The van der Waals surface area contributed by atoms with Gasteiger partial charge in [-0.15, -0.1) is 0 Å². The largest absolute Gasteiger partial charge is 0.451 e. The van der Waals surface area contributed by atoms with Crippen molar-refractivity contribution in [3.63, 3.8) is 0 Å². The summed E-state index contributed by atoms with van der Waals surface area (Å²) < 4.78 is 33.7. The number of nitrogens with zero attached hydrogens (tertiary/aromatic N) is 4. The third kappa shape index (κ3) is 4.25. The number of sulfone groups is 1. The maximum atomic E-state index is 12.4. The summed E-state index contributed by atoms with van der Waals surface area (Å²) in [7, 11) is -3.18. The van der Waals surface area contributed by atoms with E-state index in [4.69, 9.17) is 9.26 Å². The van der Waals surface area contributed by atoms with Crippen LogP contribution in [0.2, 0.25) is 0 Å². The number of hydrogen-bond donors (Lipinski definition) is 0. The molecule has 1 aromatic heterocycles. The van der Waals surface area contributed by atoms with Crippen molar-refractivity contribution in [2.45, 2.75) is 38.8 Å². The fourth-order valence-corrected chi connectivity index (χ4v) is 5.12. The van der Waals surface area contributed by atoms with Gasteiger partial charge in [-0.2, -0.15) is 10.1 Å². The number of aromatic nitrogens is 2. The number of carbonyl (C=O) groups is 2. The van der Waals surface area contributed by atoms with Crippen LogP contribution in [0.4, 0.5) is 0 Å². The summed E-state index contributed by atoms with van der Waals surface area (Å²) in [4.78, 5) is 28.8. The maximum absolute atomic E-state index is 12.4. The smallest absolute Gasteiger partial charge is 0.355 e. The summed E-state index contributed by atoms with van der Waals surface area (Å²) in [5.74, 6) is -0.607. The van der Waals surface area contributed by atoms with E-state index in [-0.39, 0.29) is 48.5 Å². The SMILES string of the molecule is Cc1ccccc1-c1noc(COC(=O)C2=NN([C@@H]3CCS(=O)(=O)C3)C(=O)CC2)n1. The highest BCUT2D eigenvalue weighted by Crippen LogP contribution is 2.23. The number of benzene rings is 1. The number of aryl methyl sites for hydroxylation is 1. The normalized spacial score (nSPS) is 20.8. The van der Waals surface area contributed by atoms with Gasteiger partial charge < -0.3 is 9.26 Å². The van der Waals surface area contributed by atoms with E-state index in [2.05, 4.69) is 15.2 Å². The van der Waals surface area contributed by atoms with Gasteiger partial charge in [-0.25, -0.2) is 18.2 Å². The van der Waals surface area contributed by atoms with Crippen molar-refractivity contribution in [2.24, 2.45) is 5.10 Å². The van der Waals surface area contributed by atoms with E-state index in [1.807, 2.05) is 31.2 Å². The second kappa shape index (κ2) is 7.98. The monoisotopic (exact) mass is 432 g/mol. The molecule has 158 valence electrons. The molecule has 0 saturated carbocycles. The molecule has 1 aromatic carbocycles. The number of amides is 1. The van der Waals surface area contributed by atoms with E-state index >= 15 is 0 Å². The summed E-state index contributed by atoms with van der Waals surface area (Å²) in [6, 6.07) is 7.01. The van der Waals surface area contributed by atoms with E-state index in [0.29, 0.717) is 12.2 Å². The van der Waals surface area contributed by atoms with Gasteiger partial charge in [-0.1, -0.05) is 29.4 Å². The van der Waals surface area contributed by atoms with E-state index in [1.54, 1.807) is 0 Å². The second-order valence-electron chi connectivity index (χ2n) is 7.24. The Hall–Kier alpha value is -3.08. The van der Waals surface area contributed by atoms with E-state index in [1.165, 1.54) is 0 Å². The average molecular weight is 432 g/mol. The average Bonchev–Trinajstić information content (AvgIpc) is 3.33. The van der Waals surface area contributed by atoms with Crippen molar-refractivity contribution >= 4 is 27.4 Å². The molecule has 3 heterocycles. The molecule has 2 aliphatic rings. The van der Waals surface area contributed by atoms with Crippen LogP contribution < -0.4 is 0 Å². The Kier molecular flexibility index (Phi) is 5.37. The highest BCUT2D eigenvalue weighted by molar-refractivity contribution is 7.91. The zero-order valence-corrected chi connectivity index (χ0v) is 17.1. The first-order valence-corrected chi connectivity index (χ1v) is 11.3. The fourth-order valence-electron chi connectivity index (χ4n) is 3.43. The molecule has 0 radical (unpaired) electrons. The molecule has 1 saturated heterocycles. The number of rotatable bonds is 5. The number of esters is 1. The van der Waals surface area contributed by atoms with E-state index in [0.717, 1.165) is 16.1 Å². The standard InChI is InChI=1S/C19H20N4O6S/c1-12-4-2-3-5-14(12)18-20-16(29-22-18)10-28-19(25)15-6-7-17(24)23(21-15)13-8-9-30(26,27)11-13/h2-5,13H,6-11H2,1H3/t13-/m1/s1. The van der Waals surface area contributed by atoms with Gasteiger partial charge in [-0.05, 0) is 18.9 Å². The van der Waals surface area contributed by atoms with Crippen LogP contribution in [-0.4, -0.2) is 58.7 Å². The Morgan fingerprint density at radius 2 is 2.10 bits per heavy atom. The van der Waals surface area contributed by atoms with Crippen molar-refractivity contribution in [1.82, 2.24) is 15.1 Å². The van der Waals surface area contributed by atoms with E-state index < -0.39 is 21.8 Å². The molecule has 0 bridgehead atoms. The predicted molar refractivity (Wildman–Crippen MR) is 105 cm³/mol. The van der Waals surface area contributed by atoms with Crippen molar-refractivity contribution in [2.75, 3.05) is 11.5 Å². The molecule has 1 fully saturated rings. The second-order valence-corrected chi connectivity index (χ2v) is 9.47. The molecule has 30 heavy (non-hydrogen) atoms. The Labute approximate surface area is 172 Å². The van der Waals surface area contributed by atoms with Crippen molar-refractivity contribution < 1.29 is 27.3 Å². The summed E-state index contributed by atoms with van der Waals surface area (Å²) >= 11 is 0. The number of ether oxygens (including phenoxy) is 1. The first-order valence-electron chi connectivity index (χ1n) is 9.48. The summed E-state index contributed by atoms with van der Waals surface area (Å²) in [6.45, 7) is 1.69. The van der Waals surface area contributed by atoms with Crippen LogP contribution in [0.15, 0.2) is 33.9 Å². The lowest BCUT2D eigenvalue weighted by atomic mass is 10.1. The van der Waals surface area contributed by atoms with Gasteiger partial charge in [0.1, 0.15) is 5.71 Å². The Morgan fingerprint density at radius 3 is 2.83 bits per heavy atom. The quantitative estimate of drug-likeness (QED) is 0.645. The Balaban J connectivity index is 1.41. The summed E-state index contributed by atoms with van der Waals surface area (Å²) in [5, 5.41) is 9.11. The van der Waals surface area contributed by atoms with Crippen LogP contribution in [0.3, 0.4) is 0 Å². The third-order valence-electron chi connectivity index (χ3n) is 5.03. The molecule has 0 aliphatic carbocycles. The minimum Gasteiger partial charge on any atom is -0.451 e. The fraction of sp³-hybridized carbons (Fsp3) is 0.421. The van der Waals surface area contributed by atoms with Gasteiger partial charge in [0.05, 0.1) is 17.5 Å². The number of hydrogen-bond acceptors (Lipinski definition) is 9.